The van der Waals surface area contributed by atoms with Crippen LogP contribution < -0.4 is 15.0 Å². The summed E-state index contributed by atoms with van der Waals surface area (Å²) in [5.41, 5.74) is -2.11. The van der Waals surface area contributed by atoms with Crippen molar-refractivity contribution in [2.75, 3.05) is 37.7 Å². The summed E-state index contributed by atoms with van der Waals surface area (Å²) < 4.78 is 77.4. The van der Waals surface area contributed by atoms with E-state index in [0.29, 0.717) is 37.7 Å². The fraction of sp³-hybridized carbons (Fsp3) is 0.441. The smallest absolute Gasteiger partial charge is 0.319 e. The van der Waals surface area contributed by atoms with Gasteiger partial charge in [-0.2, -0.15) is 9.97 Å². The van der Waals surface area contributed by atoms with Gasteiger partial charge in [0, 0.05) is 58.9 Å². The molecule has 8 nitrogen and oxygen atoms in total. The number of rotatable bonds is 5. The van der Waals surface area contributed by atoms with Crippen molar-refractivity contribution < 1.29 is 27.1 Å². The zero-order valence-electron chi connectivity index (χ0n) is 27.4. The number of aromatic hydroxyl groups is 1. The predicted molar refractivity (Wildman–Crippen MR) is 165 cm³/mol. The number of aromatic nitrogens is 3. The minimum absolute atomic E-state index is 0.0708. The second-order valence-electron chi connectivity index (χ2n) is 12.9. The third-order valence-electron chi connectivity index (χ3n) is 9.93. The number of ether oxygens (including phenoxy) is 1. The van der Waals surface area contributed by atoms with E-state index in [1.165, 1.54) is 30.5 Å². The lowest BCUT2D eigenvalue weighted by atomic mass is 9.95. The number of alkyl halides is 1. The van der Waals surface area contributed by atoms with Gasteiger partial charge >= 0.3 is 6.01 Å². The van der Waals surface area contributed by atoms with Gasteiger partial charge < -0.3 is 20.1 Å². The summed E-state index contributed by atoms with van der Waals surface area (Å²) >= 11 is 0. The van der Waals surface area contributed by atoms with Crippen LogP contribution in [-0.2, 0) is 0 Å². The molecule has 6 heterocycles. The van der Waals surface area contributed by atoms with Crippen molar-refractivity contribution in [3.8, 4) is 35.4 Å². The molecule has 4 atom stereocenters. The summed E-state index contributed by atoms with van der Waals surface area (Å²) in [6.07, 6.45) is 9.14. The lowest BCUT2D eigenvalue weighted by Gasteiger charge is -2.40. The Bertz CT molecular complexity index is 2030. The number of terminal acetylenes is 1. The number of nitrogens with zero attached hydrogens (tertiary/aromatic N) is 5. The van der Waals surface area contributed by atoms with Crippen LogP contribution in [0.2, 0.25) is 0 Å². The molecule has 4 saturated heterocycles. The molecule has 11 heteroatoms. The maximum atomic E-state index is 16.9. The normalized spacial score (nSPS) is 29.0. The van der Waals surface area contributed by atoms with Crippen molar-refractivity contribution in [2.45, 2.75) is 62.2 Å². The maximum Gasteiger partial charge on any atom is 0.319 e. The maximum absolute atomic E-state index is 16.9. The van der Waals surface area contributed by atoms with Crippen molar-refractivity contribution in [2.24, 2.45) is 0 Å². The Balaban J connectivity index is 1.29. The fourth-order valence-electron chi connectivity index (χ4n) is 7.95. The number of phenols is 1. The zero-order valence-corrected chi connectivity index (χ0v) is 24.4. The quantitative estimate of drug-likeness (QED) is 0.300. The lowest BCUT2D eigenvalue weighted by Crippen LogP contribution is -2.58. The molecular weight excluding hydrogens is 581 g/mol. The van der Waals surface area contributed by atoms with E-state index in [-0.39, 0.29) is 69.9 Å². The van der Waals surface area contributed by atoms with Crippen LogP contribution in [0.25, 0.3) is 32.9 Å². The number of fused-ring (bicyclic) bond motifs is 5. The fourth-order valence-corrected chi connectivity index (χ4v) is 7.95. The molecule has 4 aliphatic rings. The minimum atomic E-state index is -2.31. The van der Waals surface area contributed by atoms with Gasteiger partial charge in [-0.25, -0.2) is 13.2 Å². The van der Waals surface area contributed by atoms with Crippen LogP contribution in [0.4, 0.5) is 19.0 Å². The predicted octanol–water partition coefficient (Wildman–Crippen LogP) is 5.10. The summed E-state index contributed by atoms with van der Waals surface area (Å²) in [6.45, 7) is -0.628. The van der Waals surface area contributed by atoms with E-state index < -0.39 is 35.7 Å². The van der Waals surface area contributed by atoms with Crippen LogP contribution in [0.5, 0.6) is 11.8 Å². The number of pyridine rings is 1. The topological polar surface area (TPSA) is 86.6 Å². The molecule has 2 aromatic heterocycles. The van der Waals surface area contributed by atoms with E-state index in [1.807, 2.05) is 4.90 Å². The van der Waals surface area contributed by atoms with Crippen LogP contribution in [0.1, 0.15) is 48.6 Å². The Morgan fingerprint density at radius 2 is 2.13 bits per heavy atom. The zero-order chi connectivity index (χ0) is 33.6. The minimum Gasteiger partial charge on any atom is -0.508 e. The highest BCUT2D eigenvalue weighted by molar-refractivity contribution is 6.03. The molecule has 2 bridgehead atoms. The number of hydrogen-bond donors (Lipinski definition) is 2. The average Bonchev–Trinajstić information content (AvgIpc) is 3.68. The van der Waals surface area contributed by atoms with Crippen molar-refractivity contribution in [3.63, 3.8) is 0 Å². The summed E-state index contributed by atoms with van der Waals surface area (Å²) in [5, 5.41) is 14.7. The van der Waals surface area contributed by atoms with Crippen LogP contribution in [0, 0.1) is 24.0 Å². The molecule has 232 valence electrons. The number of nitrogens with one attached hydrogen (secondary N) is 1. The van der Waals surface area contributed by atoms with Crippen LogP contribution >= 0.6 is 0 Å². The van der Waals surface area contributed by atoms with Gasteiger partial charge in [-0.05, 0) is 62.7 Å². The second-order valence-corrected chi connectivity index (χ2v) is 12.9. The molecule has 8 rings (SSSR count). The molecule has 4 aromatic rings. The summed E-state index contributed by atoms with van der Waals surface area (Å²) in [6, 6.07) is 5.03. The van der Waals surface area contributed by atoms with Crippen LogP contribution in [0.15, 0.2) is 30.5 Å². The van der Waals surface area contributed by atoms with Crippen molar-refractivity contribution in [3.05, 3.63) is 47.7 Å². The van der Waals surface area contributed by atoms with Gasteiger partial charge in [-0.15, -0.1) is 6.42 Å². The van der Waals surface area contributed by atoms with Crippen LogP contribution in [-0.4, -0.2) is 81.0 Å². The molecule has 0 spiro atoms. The number of hydrogen-bond acceptors (Lipinski definition) is 8. The first-order chi connectivity index (χ1) is 22.9. The molecule has 4 aliphatic heterocycles. The van der Waals surface area contributed by atoms with E-state index in [2.05, 4.69) is 26.1 Å². The standard InChI is InChI=1S/C34H33F3N6O2/c1-3-23-26(36)6-5-19-11-22(44)12-24(27(19)23)29-28(37)30-25(14-38-29)31(42-16-21-7-9-33(2,17-42)41-21)40-32(39-30)45-18-34-8-4-10-43(34)15-20(35)13-34/h1,5-6,11-12,14,20-21,41,44H,4,7-10,13,15-18H2,2H3/t20-,21+,33-,34+/m1/s1/i2D3. The number of phenolic OH excluding ortho intramolecular Hbond substituents is 1. The second kappa shape index (κ2) is 10.2. The van der Waals surface area contributed by atoms with Gasteiger partial charge in [0.2, 0.25) is 0 Å². The van der Waals surface area contributed by atoms with Gasteiger partial charge in [-0.1, -0.05) is 12.0 Å². The third kappa shape index (κ3) is 4.57. The lowest BCUT2D eigenvalue weighted by molar-refractivity contribution is 0.107. The monoisotopic (exact) mass is 617 g/mol. The first kappa shape index (κ1) is 25.1. The third-order valence-corrected chi connectivity index (χ3v) is 9.93. The Hall–Kier alpha value is -4.14. The van der Waals surface area contributed by atoms with E-state index in [1.54, 1.807) is 0 Å². The van der Waals surface area contributed by atoms with E-state index >= 15 is 4.39 Å². The highest BCUT2D eigenvalue weighted by Crippen LogP contribution is 2.42. The molecule has 2 aromatic carbocycles. The van der Waals surface area contributed by atoms with Crippen molar-refractivity contribution in [1.82, 2.24) is 25.2 Å². The Morgan fingerprint density at radius 3 is 2.98 bits per heavy atom. The molecule has 0 unspecified atom stereocenters. The van der Waals surface area contributed by atoms with Crippen molar-refractivity contribution >= 4 is 27.5 Å². The SMILES string of the molecule is [2H]C([2H])([2H])[C@@]12CC[C@@H](CN(c3nc(OC[C@@]45CCCN4C[C@H](F)C5)nc4c(F)c(-c5cc(O)cc6ccc(F)c(C#C)c56)ncc34)C1)N2. The van der Waals surface area contributed by atoms with Gasteiger partial charge in [0.05, 0.1) is 16.5 Å². The summed E-state index contributed by atoms with van der Waals surface area (Å²) in [4.78, 5) is 17.6. The van der Waals surface area contributed by atoms with Gasteiger partial charge in [0.25, 0.3) is 0 Å². The number of anilines is 1. The highest BCUT2D eigenvalue weighted by atomic mass is 19.1. The molecule has 0 aliphatic carbocycles. The first-order valence-corrected chi connectivity index (χ1v) is 15.2. The highest BCUT2D eigenvalue weighted by Gasteiger charge is 2.49. The summed E-state index contributed by atoms with van der Waals surface area (Å²) in [5.74, 6) is 0.841. The molecular formula is C34H33F3N6O2. The first-order valence-electron chi connectivity index (χ1n) is 16.7. The average molecular weight is 618 g/mol. The molecule has 4 fully saturated rings. The molecule has 2 N–H and O–H groups in total. The van der Waals surface area contributed by atoms with Gasteiger partial charge in [0.15, 0.2) is 5.82 Å². The number of piperazine rings is 1. The van der Waals surface area contributed by atoms with E-state index in [0.717, 1.165) is 19.4 Å². The molecule has 0 amide bonds. The van der Waals surface area contributed by atoms with Gasteiger partial charge in [-0.3, -0.25) is 9.88 Å². The molecule has 0 radical (unpaired) electrons. The Kier molecular flexibility index (Phi) is 5.68. The van der Waals surface area contributed by atoms with E-state index in [4.69, 9.17) is 20.3 Å². The Morgan fingerprint density at radius 1 is 1.24 bits per heavy atom. The largest absolute Gasteiger partial charge is 0.508 e. The van der Waals surface area contributed by atoms with Crippen LogP contribution in [0.3, 0.4) is 0 Å². The van der Waals surface area contributed by atoms with Crippen molar-refractivity contribution in [1.29, 1.82) is 0 Å². The number of halogens is 3. The van der Waals surface area contributed by atoms with E-state index in [9.17, 15) is 13.9 Å². The molecule has 0 saturated carbocycles. The van der Waals surface area contributed by atoms with Gasteiger partial charge in [0.1, 0.15) is 41.4 Å². The molecule has 45 heavy (non-hydrogen) atoms. The number of benzene rings is 2. The Labute approximate surface area is 262 Å². The summed E-state index contributed by atoms with van der Waals surface area (Å²) in [7, 11) is 0.